The molecule has 0 spiro atoms. The van der Waals surface area contributed by atoms with Gasteiger partial charge in [0.25, 0.3) is 0 Å². The third kappa shape index (κ3) is 2.49. The van der Waals surface area contributed by atoms with Crippen molar-refractivity contribution in [1.29, 1.82) is 0 Å². The molecule has 1 atom stereocenters. The van der Waals surface area contributed by atoms with E-state index in [0.717, 1.165) is 18.5 Å². The summed E-state index contributed by atoms with van der Waals surface area (Å²) in [6.07, 6.45) is 2.30. The molecule has 1 N–H and O–H groups in total. The number of rotatable bonds is 3. The van der Waals surface area contributed by atoms with E-state index in [9.17, 15) is 9.59 Å². The average Bonchev–Trinajstić information content (AvgIpc) is 3.31. The standard InChI is InChI=1S/C16H18N2O4/c19-15-7-11(17-16(20)10-1-2-10)9-18(15)12-3-4-13-14(8-12)22-6-5-21-13/h3-4,8,10-11H,1-2,5-7,9H2,(H,17,20)/t11-/m1/s1. The van der Waals surface area contributed by atoms with Crippen LogP contribution in [0.2, 0.25) is 0 Å². The lowest BCUT2D eigenvalue weighted by Crippen LogP contribution is -2.38. The van der Waals surface area contributed by atoms with Crippen molar-refractivity contribution in [3.05, 3.63) is 18.2 Å². The highest BCUT2D eigenvalue weighted by Crippen LogP contribution is 2.35. The van der Waals surface area contributed by atoms with Gasteiger partial charge in [-0.25, -0.2) is 0 Å². The Kier molecular flexibility index (Phi) is 3.17. The molecular formula is C16H18N2O4. The lowest BCUT2D eigenvalue weighted by molar-refractivity contribution is -0.122. The van der Waals surface area contributed by atoms with Gasteiger partial charge >= 0.3 is 0 Å². The van der Waals surface area contributed by atoms with Gasteiger partial charge in [0, 0.05) is 30.6 Å². The Morgan fingerprint density at radius 1 is 1.18 bits per heavy atom. The highest BCUT2D eigenvalue weighted by Gasteiger charge is 2.36. The fourth-order valence-electron chi connectivity index (χ4n) is 2.92. The maximum atomic E-state index is 12.2. The Balaban J connectivity index is 1.47. The Morgan fingerprint density at radius 2 is 1.95 bits per heavy atom. The summed E-state index contributed by atoms with van der Waals surface area (Å²) < 4.78 is 11.0. The van der Waals surface area contributed by atoms with Crippen LogP contribution in [0, 0.1) is 5.92 Å². The second kappa shape index (κ2) is 5.19. The van der Waals surface area contributed by atoms with Gasteiger partial charge in [0.1, 0.15) is 13.2 Å². The molecule has 2 aliphatic heterocycles. The van der Waals surface area contributed by atoms with Crippen molar-refractivity contribution in [2.24, 2.45) is 5.92 Å². The number of ether oxygens (including phenoxy) is 2. The molecule has 1 aromatic rings. The molecule has 4 rings (SSSR count). The summed E-state index contributed by atoms with van der Waals surface area (Å²) in [5.41, 5.74) is 0.789. The number of amides is 2. The van der Waals surface area contributed by atoms with Crippen molar-refractivity contribution in [2.75, 3.05) is 24.7 Å². The van der Waals surface area contributed by atoms with E-state index in [1.54, 1.807) is 4.90 Å². The van der Waals surface area contributed by atoms with Crippen molar-refractivity contribution in [3.63, 3.8) is 0 Å². The number of carbonyl (C=O) groups is 2. The van der Waals surface area contributed by atoms with Gasteiger partial charge < -0.3 is 19.7 Å². The molecule has 6 heteroatoms. The van der Waals surface area contributed by atoms with Gasteiger partial charge in [-0.2, -0.15) is 0 Å². The molecule has 0 unspecified atom stereocenters. The van der Waals surface area contributed by atoms with Crippen LogP contribution in [0.3, 0.4) is 0 Å². The first-order valence-corrected chi connectivity index (χ1v) is 7.71. The van der Waals surface area contributed by atoms with Gasteiger partial charge in [-0.1, -0.05) is 0 Å². The highest BCUT2D eigenvalue weighted by molar-refractivity contribution is 5.97. The summed E-state index contributed by atoms with van der Waals surface area (Å²) in [5, 5.41) is 2.98. The molecule has 0 aromatic heterocycles. The van der Waals surface area contributed by atoms with Crippen LogP contribution in [-0.4, -0.2) is 37.6 Å². The molecule has 116 valence electrons. The third-order valence-electron chi connectivity index (χ3n) is 4.26. The third-order valence-corrected chi connectivity index (χ3v) is 4.26. The first-order valence-electron chi connectivity index (χ1n) is 7.71. The smallest absolute Gasteiger partial charge is 0.229 e. The van der Waals surface area contributed by atoms with Crippen LogP contribution in [0.1, 0.15) is 19.3 Å². The highest BCUT2D eigenvalue weighted by atomic mass is 16.6. The summed E-state index contributed by atoms with van der Waals surface area (Å²) in [4.78, 5) is 25.8. The lowest BCUT2D eigenvalue weighted by Gasteiger charge is -2.22. The fourth-order valence-corrected chi connectivity index (χ4v) is 2.92. The minimum Gasteiger partial charge on any atom is -0.486 e. The van der Waals surface area contributed by atoms with Crippen molar-refractivity contribution >= 4 is 17.5 Å². The van der Waals surface area contributed by atoms with E-state index >= 15 is 0 Å². The summed E-state index contributed by atoms with van der Waals surface area (Å²) in [5.74, 6) is 1.65. The topological polar surface area (TPSA) is 67.9 Å². The molecule has 1 saturated heterocycles. The lowest BCUT2D eigenvalue weighted by atomic mass is 10.2. The molecule has 2 heterocycles. The van der Waals surface area contributed by atoms with Crippen LogP contribution in [0.4, 0.5) is 5.69 Å². The number of hydrogen-bond acceptors (Lipinski definition) is 4. The van der Waals surface area contributed by atoms with Crippen LogP contribution in [0.15, 0.2) is 18.2 Å². The average molecular weight is 302 g/mol. The molecule has 1 saturated carbocycles. The maximum Gasteiger partial charge on any atom is 0.229 e. The molecule has 3 aliphatic rings. The summed E-state index contributed by atoms with van der Waals surface area (Å²) in [6.45, 7) is 1.58. The quantitative estimate of drug-likeness (QED) is 0.907. The molecular weight excluding hydrogens is 284 g/mol. The largest absolute Gasteiger partial charge is 0.486 e. The Bertz CT molecular complexity index is 627. The summed E-state index contributed by atoms with van der Waals surface area (Å²) >= 11 is 0. The number of hydrogen-bond donors (Lipinski definition) is 1. The van der Waals surface area contributed by atoms with Crippen LogP contribution < -0.4 is 19.7 Å². The van der Waals surface area contributed by atoms with E-state index in [0.29, 0.717) is 37.7 Å². The second-order valence-corrected chi connectivity index (χ2v) is 6.02. The zero-order valence-corrected chi connectivity index (χ0v) is 12.2. The number of anilines is 1. The van der Waals surface area contributed by atoms with Gasteiger partial charge in [0.15, 0.2) is 11.5 Å². The Hall–Kier alpha value is -2.24. The number of benzene rings is 1. The number of nitrogens with one attached hydrogen (secondary N) is 1. The van der Waals surface area contributed by atoms with E-state index in [2.05, 4.69) is 5.32 Å². The number of fused-ring (bicyclic) bond motifs is 1. The van der Waals surface area contributed by atoms with E-state index < -0.39 is 0 Å². The zero-order chi connectivity index (χ0) is 15.1. The van der Waals surface area contributed by atoms with Gasteiger partial charge in [0.2, 0.25) is 11.8 Å². The molecule has 1 aliphatic carbocycles. The molecule has 2 amide bonds. The summed E-state index contributed by atoms with van der Waals surface area (Å²) in [7, 11) is 0. The Labute approximate surface area is 128 Å². The zero-order valence-electron chi connectivity index (χ0n) is 12.2. The van der Waals surface area contributed by atoms with Gasteiger partial charge in [-0.15, -0.1) is 0 Å². The number of nitrogens with zero attached hydrogens (tertiary/aromatic N) is 1. The first-order chi connectivity index (χ1) is 10.7. The first kappa shape index (κ1) is 13.4. The van der Waals surface area contributed by atoms with Crippen molar-refractivity contribution < 1.29 is 19.1 Å². The predicted molar refractivity (Wildman–Crippen MR) is 79.1 cm³/mol. The minimum atomic E-state index is -0.103. The van der Waals surface area contributed by atoms with Gasteiger partial charge in [0.05, 0.1) is 6.04 Å². The molecule has 22 heavy (non-hydrogen) atoms. The van der Waals surface area contributed by atoms with E-state index in [4.69, 9.17) is 9.47 Å². The second-order valence-electron chi connectivity index (χ2n) is 6.02. The van der Waals surface area contributed by atoms with Crippen LogP contribution in [-0.2, 0) is 9.59 Å². The molecule has 6 nitrogen and oxygen atoms in total. The van der Waals surface area contributed by atoms with Crippen molar-refractivity contribution in [1.82, 2.24) is 5.32 Å². The van der Waals surface area contributed by atoms with E-state index in [-0.39, 0.29) is 23.8 Å². The Morgan fingerprint density at radius 3 is 2.73 bits per heavy atom. The summed E-state index contributed by atoms with van der Waals surface area (Å²) in [6, 6.07) is 5.41. The van der Waals surface area contributed by atoms with Crippen LogP contribution >= 0.6 is 0 Å². The van der Waals surface area contributed by atoms with E-state index in [1.165, 1.54) is 0 Å². The normalized spacial score (nSPS) is 23.5. The van der Waals surface area contributed by atoms with Crippen LogP contribution in [0.5, 0.6) is 11.5 Å². The van der Waals surface area contributed by atoms with Gasteiger partial charge in [-0.05, 0) is 25.0 Å². The predicted octanol–water partition coefficient (Wildman–Crippen LogP) is 1.09. The van der Waals surface area contributed by atoms with Gasteiger partial charge in [-0.3, -0.25) is 9.59 Å². The van der Waals surface area contributed by atoms with Crippen molar-refractivity contribution in [3.8, 4) is 11.5 Å². The van der Waals surface area contributed by atoms with Crippen molar-refractivity contribution in [2.45, 2.75) is 25.3 Å². The monoisotopic (exact) mass is 302 g/mol. The van der Waals surface area contributed by atoms with Crippen LogP contribution in [0.25, 0.3) is 0 Å². The SMILES string of the molecule is O=C(N[C@@H]1CC(=O)N(c2ccc3c(c2)OCCO3)C1)C1CC1. The van der Waals surface area contributed by atoms with E-state index in [1.807, 2.05) is 18.2 Å². The maximum absolute atomic E-state index is 12.2. The molecule has 2 fully saturated rings. The fraction of sp³-hybridized carbons (Fsp3) is 0.500. The molecule has 1 aromatic carbocycles. The molecule has 0 radical (unpaired) electrons. The molecule has 0 bridgehead atoms. The minimum absolute atomic E-state index is 0.0257. The number of carbonyl (C=O) groups excluding carboxylic acids is 2.